The van der Waals surface area contributed by atoms with E-state index in [-0.39, 0.29) is 5.91 Å². The molecule has 0 radical (unpaired) electrons. The van der Waals surface area contributed by atoms with E-state index in [2.05, 4.69) is 33.9 Å². The highest BCUT2D eigenvalue weighted by atomic mass is 32.2. The second-order valence-corrected chi connectivity index (χ2v) is 6.34. The first-order valence-corrected chi connectivity index (χ1v) is 9.04. The normalized spacial score (nSPS) is 10.7. The lowest BCUT2D eigenvalue weighted by molar-refractivity contribution is -0.113. The molecule has 23 heavy (non-hydrogen) atoms. The summed E-state index contributed by atoms with van der Waals surface area (Å²) in [6.07, 6.45) is 3.18. The summed E-state index contributed by atoms with van der Waals surface area (Å²) in [5, 5.41) is 12.3. The third-order valence-electron chi connectivity index (χ3n) is 3.62. The summed E-state index contributed by atoms with van der Waals surface area (Å²) >= 11 is 1.44. The van der Waals surface area contributed by atoms with Crippen molar-refractivity contribution >= 4 is 23.4 Å². The van der Waals surface area contributed by atoms with E-state index in [1.807, 2.05) is 31.2 Å². The number of hydrogen-bond donors (Lipinski definition) is 1. The number of amides is 1. The molecule has 0 saturated carbocycles. The van der Waals surface area contributed by atoms with Crippen molar-refractivity contribution < 1.29 is 4.79 Å². The van der Waals surface area contributed by atoms with Gasteiger partial charge >= 0.3 is 0 Å². The van der Waals surface area contributed by atoms with Gasteiger partial charge in [-0.2, -0.15) is 0 Å². The Balaban J connectivity index is 1.94. The lowest BCUT2D eigenvalue weighted by Gasteiger charge is -2.09. The summed E-state index contributed by atoms with van der Waals surface area (Å²) < 4.78 is 2.10. The zero-order valence-electron chi connectivity index (χ0n) is 14.0. The number of carbonyl (C=O) groups excluding carboxylic acids is 1. The average molecular weight is 332 g/mol. The quantitative estimate of drug-likeness (QED) is 0.749. The Morgan fingerprint density at radius 1 is 1.26 bits per heavy atom. The van der Waals surface area contributed by atoms with Crippen molar-refractivity contribution in [3.05, 3.63) is 35.7 Å². The zero-order chi connectivity index (χ0) is 16.7. The number of benzene rings is 1. The largest absolute Gasteiger partial charge is 0.325 e. The maximum absolute atomic E-state index is 12.1. The highest BCUT2D eigenvalue weighted by molar-refractivity contribution is 7.99. The standard InChI is InChI=1S/C17H24N4OS/c1-4-6-11-15-19-20-17(21(15)5-2)23-12-16(22)18-14-10-8-7-9-13(14)3/h7-10H,4-6,11-12H2,1-3H3,(H,18,22). The fourth-order valence-corrected chi connectivity index (χ4v) is 3.11. The second-order valence-electron chi connectivity index (χ2n) is 5.40. The van der Waals surface area contributed by atoms with Gasteiger partial charge in [0.15, 0.2) is 5.16 Å². The van der Waals surface area contributed by atoms with Crippen molar-refractivity contribution in [3.63, 3.8) is 0 Å². The van der Waals surface area contributed by atoms with Crippen molar-refractivity contribution in [2.24, 2.45) is 0 Å². The van der Waals surface area contributed by atoms with Crippen LogP contribution in [-0.2, 0) is 17.8 Å². The third kappa shape index (κ3) is 4.82. The van der Waals surface area contributed by atoms with E-state index >= 15 is 0 Å². The fraction of sp³-hybridized carbons (Fsp3) is 0.471. The van der Waals surface area contributed by atoms with Crippen molar-refractivity contribution in [2.45, 2.75) is 51.7 Å². The highest BCUT2D eigenvalue weighted by Gasteiger charge is 2.13. The Morgan fingerprint density at radius 2 is 2.04 bits per heavy atom. The topological polar surface area (TPSA) is 59.8 Å². The maximum Gasteiger partial charge on any atom is 0.234 e. The molecule has 1 amide bonds. The van der Waals surface area contributed by atoms with Gasteiger partial charge < -0.3 is 9.88 Å². The van der Waals surface area contributed by atoms with Crippen LogP contribution in [-0.4, -0.2) is 26.4 Å². The van der Waals surface area contributed by atoms with Crippen LogP contribution in [0.2, 0.25) is 0 Å². The van der Waals surface area contributed by atoms with Gasteiger partial charge in [0.25, 0.3) is 0 Å². The van der Waals surface area contributed by atoms with Gasteiger partial charge in [0.1, 0.15) is 5.82 Å². The fourth-order valence-electron chi connectivity index (χ4n) is 2.29. The van der Waals surface area contributed by atoms with Gasteiger partial charge in [-0.15, -0.1) is 10.2 Å². The van der Waals surface area contributed by atoms with Crippen LogP contribution in [0.4, 0.5) is 5.69 Å². The van der Waals surface area contributed by atoms with E-state index in [1.54, 1.807) is 0 Å². The van der Waals surface area contributed by atoms with Crippen LogP contribution >= 0.6 is 11.8 Å². The van der Waals surface area contributed by atoms with E-state index in [1.165, 1.54) is 11.8 Å². The molecule has 0 unspecified atom stereocenters. The van der Waals surface area contributed by atoms with Crippen LogP contribution in [0, 0.1) is 6.92 Å². The number of nitrogens with zero attached hydrogens (tertiary/aromatic N) is 3. The predicted octanol–water partition coefficient (Wildman–Crippen LogP) is 3.68. The molecule has 1 N–H and O–H groups in total. The number of rotatable bonds is 8. The van der Waals surface area contributed by atoms with Gasteiger partial charge in [0.2, 0.25) is 5.91 Å². The number of carbonyl (C=O) groups is 1. The first-order valence-electron chi connectivity index (χ1n) is 8.06. The van der Waals surface area contributed by atoms with Gasteiger partial charge in [0, 0.05) is 18.7 Å². The van der Waals surface area contributed by atoms with E-state index in [0.29, 0.717) is 5.75 Å². The lowest BCUT2D eigenvalue weighted by Crippen LogP contribution is -2.15. The summed E-state index contributed by atoms with van der Waals surface area (Å²) in [5.74, 6) is 1.32. The molecule has 0 aliphatic carbocycles. The monoisotopic (exact) mass is 332 g/mol. The molecule has 0 spiro atoms. The molecule has 5 nitrogen and oxygen atoms in total. The molecular weight excluding hydrogens is 308 g/mol. The first-order chi connectivity index (χ1) is 11.2. The number of para-hydroxylation sites is 1. The average Bonchev–Trinajstić information content (AvgIpc) is 2.95. The Kier molecular flexibility index (Phi) is 6.65. The van der Waals surface area contributed by atoms with Crippen molar-refractivity contribution in [1.82, 2.24) is 14.8 Å². The van der Waals surface area contributed by atoms with E-state index in [9.17, 15) is 4.79 Å². The Bertz CT molecular complexity index is 654. The molecule has 0 aliphatic rings. The highest BCUT2D eigenvalue weighted by Crippen LogP contribution is 2.19. The van der Waals surface area contributed by atoms with Crippen LogP contribution in [0.3, 0.4) is 0 Å². The van der Waals surface area contributed by atoms with Gasteiger partial charge in [-0.1, -0.05) is 43.3 Å². The molecular formula is C17H24N4OS. The summed E-state index contributed by atoms with van der Waals surface area (Å²) in [4.78, 5) is 12.1. The minimum Gasteiger partial charge on any atom is -0.325 e. The number of aryl methyl sites for hydroxylation is 2. The van der Waals surface area contributed by atoms with E-state index in [0.717, 1.165) is 48.0 Å². The van der Waals surface area contributed by atoms with Crippen LogP contribution in [0.25, 0.3) is 0 Å². The molecule has 6 heteroatoms. The molecule has 0 aliphatic heterocycles. The van der Waals surface area contributed by atoms with Crippen molar-refractivity contribution in [2.75, 3.05) is 11.1 Å². The van der Waals surface area contributed by atoms with Crippen LogP contribution in [0.15, 0.2) is 29.4 Å². The number of aromatic nitrogens is 3. The number of unbranched alkanes of at least 4 members (excludes halogenated alkanes) is 1. The molecule has 2 rings (SSSR count). The van der Waals surface area contributed by atoms with Gasteiger partial charge in [-0.3, -0.25) is 4.79 Å². The van der Waals surface area contributed by atoms with Gasteiger partial charge in [-0.25, -0.2) is 0 Å². The number of thioether (sulfide) groups is 1. The molecule has 1 aromatic heterocycles. The smallest absolute Gasteiger partial charge is 0.234 e. The lowest BCUT2D eigenvalue weighted by atomic mass is 10.2. The third-order valence-corrected chi connectivity index (χ3v) is 4.58. The SMILES string of the molecule is CCCCc1nnc(SCC(=O)Nc2ccccc2C)n1CC. The van der Waals surface area contributed by atoms with E-state index in [4.69, 9.17) is 0 Å². The maximum atomic E-state index is 12.1. The van der Waals surface area contributed by atoms with Crippen LogP contribution in [0.1, 0.15) is 38.1 Å². The number of anilines is 1. The number of hydrogen-bond acceptors (Lipinski definition) is 4. The Labute approximate surface area is 141 Å². The Morgan fingerprint density at radius 3 is 2.74 bits per heavy atom. The van der Waals surface area contributed by atoms with Crippen molar-refractivity contribution in [3.8, 4) is 0 Å². The van der Waals surface area contributed by atoms with E-state index < -0.39 is 0 Å². The molecule has 1 aromatic carbocycles. The summed E-state index contributed by atoms with van der Waals surface area (Å²) in [7, 11) is 0. The number of nitrogens with one attached hydrogen (secondary N) is 1. The van der Waals surface area contributed by atoms with Crippen LogP contribution < -0.4 is 5.32 Å². The molecule has 2 aromatic rings. The molecule has 124 valence electrons. The van der Waals surface area contributed by atoms with Gasteiger partial charge in [0.05, 0.1) is 5.75 Å². The summed E-state index contributed by atoms with van der Waals surface area (Å²) in [5.41, 5.74) is 1.92. The minimum atomic E-state index is -0.0231. The molecule has 1 heterocycles. The molecule has 0 bridgehead atoms. The molecule has 0 atom stereocenters. The molecule has 0 saturated heterocycles. The van der Waals surface area contributed by atoms with Gasteiger partial charge in [-0.05, 0) is 31.9 Å². The predicted molar refractivity (Wildman–Crippen MR) is 94.8 cm³/mol. The molecule has 0 fully saturated rings. The van der Waals surface area contributed by atoms with Crippen LogP contribution in [0.5, 0.6) is 0 Å². The first kappa shape index (κ1) is 17.5. The minimum absolute atomic E-state index is 0.0231. The zero-order valence-corrected chi connectivity index (χ0v) is 14.8. The second kappa shape index (κ2) is 8.72. The summed E-state index contributed by atoms with van der Waals surface area (Å²) in [6, 6.07) is 7.77. The van der Waals surface area contributed by atoms with Crippen molar-refractivity contribution in [1.29, 1.82) is 0 Å². The Hall–Kier alpha value is -1.82. The summed E-state index contributed by atoms with van der Waals surface area (Å²) in [6.45, 7) is 7.05.